The summed E-state index contributed by atoms with van der Waals surface area (Å²) in [6.45, 7) is 1.80. The summed E-state index contributed by atoms with van der Waals surface area (Å²) < 4.78 is 0. The van der Waals surface area contributed by atoms with E-state index in [1.165, 1.54) is 18.2 Å². The van der Waals surface area contributed by atoms with Crippen LogP contribution in [-0.2, 0) is 0 Å². The summed E-state index contributed by atoms with van der Waals surface area (Å²) >= 11 is 0. The van der Waals surface area contributed by atoms with Crippen LogP contribution in [0.5, 0.6) is 11.5 Å². The number of aromatic hydroxyl groups is 2. The highest BCUT2D eigenvalue weighted by atomic mass is 16.3. The van der Waals surface area contributed by atoms with E-state index in [0.29, 0.717) is 11.3 Å². The van der Waals surface area contributed by atoms with Gasteiger partial charge in [0.15, 0.2) is 17.3 Å². The molecular formula is C14H13NO3. The fourth-order valence-electron chi connectivity index (χ4n) is 1.74. The van der Waals surface area contributed by atoms with Gasteiger partial charge < -0.3 is 15.9 Å². The van der Waals surface area contributed by atoms with Gasteiger partial charge in [-0.25, -0.2) is 0 Å². The van der Waals surface area contributed by atoms with Crippen LogP contribution in [0.25, 0.3) is 0 Å². The maximum Gasteiger partial charge on any atom is 0.198 e. The van der Waals surface area contributed by atoms with E-state index in [1.54, 1.807) is 25.1 Å². The van der Waals surface area contributed by atoms with Gasteiger partial charge in [-0.05, 0) is 30.7 Å². The van der Waals surface area contributed by atoms with Crippen molar-refractivity contribution in [2.24, 2.45) is 0 Å². The van der Waals surface area contributed by atoms with Crippen molar-refractivity contribution in [2.75, 3.05) is 5.73 Å². The summed E-state index contributed by atoms with van der Waals surface area (Å²) in [4.78, 5) is 12.2. The first-order valence-electron chi connectivity index (χ1n) is 5.43. The van der Waals surface area contributed by atoms with Crippen molar-refractivity contribution in [2.45, 2.75) is 6.92 Å². The summed E-state index contributed by atoms with van der Waals surface area (Å²) in [5.41, 5.74) is 7.37. The van der Waals surface area contributed by atoms with E-state index < -0.39 is 11.5 Å². The summed E-state index contributed by atoms with van der Waals surface area (Å²) in [6, 6.07) is 9.36. The highest BCUT2D eigenvalue weighted by Crippen LogP contribution is 2.31. The second kappa shape index (κ2) is 4.41. The molecule has 2 rings (SSSR count). The van der Waals surface area contributed by atoms with Gasteiger partial charge in [0.05, 0.1) is 5.56 Å². The number of rotatable bonds is 2. The summed E-state index contributed by atoms with van der Waals surface area (Å²) in [5.74, 6) is -1.17. The molecule has 92 valence electrons. The fraction of sp³-hybridized carbons (Fsp3) is 0.0714. The molecule has 2 aromatic rings. The first kappa shape index (κ1) is 12.0. The molecule has 0 aliphatic rings. The quantitative estimate of drug-likeness (QED) is 0.429. The van der Waals surface area contributed by atoms with Crippen LogP contribution < -0.4 is 5.73 Å². The Balaban J connectivity index is 2.55. The number of nitrogens with two attached hydrogens (primary N) is 1. The number of carbonyl (C=O) groups excluding carboxylic acids is 1. The van der Waals surface area contributed by atoms with Gasteiger partial charge in [-0.3, -0.25) is 4.79 Å². The third-order valence-electron chi connectivity index (χ3n) is 2.83. The number of hydrogen-bond acceptors (Lipinski definition) is 4. The van der Waals surface area contributed by atoms with E-state index in [1.807, 2.05) is 0 Å². The number of benzene rings is 2. The Morgan fingerprint density at radius 3 is 2.39 bits per heavy atom. The Hall–Kier alpha value is -2.49. The normalized spacial score (nSPS) is 10.3. The standard InChI is InChI=1S/C14H13NO3/c1-8-4-2-5-9(12(8)15)13(17)10-6-3-7-11(16)14(10)18/h2-7,16,18H,15H2,1H3. The van der Waals surface area contributed by atoms with E-state index in [4.69, 9.17) is 5.73 Å². The number of anilines is 1. The maximum atomic E-state index is 12.2. The Bertz CT molecular complexity index is 567. The molecular weight excluding hydrogens is 230 g/mol. The van der Waals surface area contributed by atoms with Crippen LogP contribution in [0.2, 0.25) is 0 Å². The van der Waals surface area contributed by atoms with Crippen LogP contribution in [0.4, 0.5) is 5.69 Å². The zero-order valence-electron chi connectivity index (χ0n) is 9.84. The van der Waals surface area contributed by atoms with Crippen molar-refractivity contribution in [1.29, 1.82) is 0 Å². The Morgan fingerprint density at radius 2 is 1.67 bits per heavy atom. The van der Waals surface area contributed by atoms with Crippen molar-refractivity contribution in [3.8, 4) is 11.5 Å². The lowest BCUT2D eigenvalue weighted by molar-refractivity contribution is 0.103. The summed E-state index contributed by atoms with van der Waals surface area (Å²) in [5, 5.41) is 19.1. The number of hydrogen-bond donors (Lipinski definition) is 3. The van der Waals surface area contributed by atoms with Crippen LogP contribution in [0.15, 0.2) is 36.4 Å². The average Bonchev–Trinajstić information content (AvgIpc) is 2.35. The molecule has 0 saturated carbocycles. The highest BCUT2D eigenvalue weighted by molar-refractivity contribution is 6.14. The minimum Gasteiger partial charge on any atom is -0.504 e. The molecule has 0 aromatic heterocycles. The minimum atomic E-state index is -0.427. The van der Waals surface area contributed by atoms with Crippen molar-refractivity contribution >= 4 is 11.5 Å². The molecule has 0 aliphatic heterocycles. The molecule has 0 spiro atoms. The molecule has 0 unspecified atom stereocenters. The van der Waals surface area contributed by atoms with Gasteiger partial charge in [-0.15, -0.1) is 0 Å². The highest BCUT2D eigenvalue weighted by Gasteiger charge is 2.18. The second-order valence-corrected chi connectivity index (χ2v) is 4.04. The molecule has 0 atom stereocenters. The van der Waals surface area contributed by atoms with Gasteiger partial charge in [-0.1, -0.05) is 18.2 Å². The van der Waals surface area contributed by atoms with Crippen LogP contribution in [-0.4, -0.2) is 16.0 Å². The molecule has 0 amide bonds. The first-order valence-corrected chi connectivity index (χ1v) is 5.43. The molecule has 0 aliphatic carbocycles. The largest absolute Gasteiger partial charge is 0.504 e. The monoisotopic (exact) mass is 243 g/mol. The Kier molecular flexibility index (Phi) is 2.93. The lowest BCUT2D eigenvalue weighted by Gasteiger charge is -2.09. The zero-order valence-corrected chi connectivity index (χ0v) is 9.84. The minimum absolute atomic E-state index is 0.0345. The number of phenolic OH excluding ortho intramolecular Hbond substituents is 2. The van der Waals surface area contributed by atoms with Crippen LogP contribution in [0.1, 0.15) is 21.5 Å². The lowest BCUT2D eigenvalue weighted by atomic mass is 9.98. The number of carbonyl (C=O) groups is 1. The third kappa shape index (κ3) is 1.88. The number of phenols is 2. The predicted molar refractivity (Wildman–Crippen MR) is 68.8 cm³/mol. The van der Waals surface area contributed by atoms with Gasteiger partial charge in [0.2, 0.25) is 0 Å². The molecule has 0 radical (unpaired) electrons. The zero-order chi connectivity index (χ0) is 13.3. The molecule has 4 nitrogen and oxygen atoms in total. The van der Waals surface area contributed by atoms with Crippen molar-refractivity contribution in [3.05, 3.63) is 53.1 Å². The van der Waals surface area contributed by atoms with Crippen LogP contribution >= 0.6 is 0 Å². The van der Waals surface area contributed by atoms with Gasteiger partial charge in [0, 0.05) is 11.3 Å². The first-order chi connectivity index (χ1) is 8.52. The van der Waals surface area contributed by atoms with Gasteiger partial charge in [0.25, 0.3) is 0 Å². The molecule has 18 heavy (non-hydrogen) atoms. The summed E-state index contributed by atoms with van der Waals surface area (Å²) in [7, 11) is 0. The number of ketones is 1. The molecule has 0 fully saturated rings. The molecule has 0 heterocycles. The number of nitrogen functional groups attached to an aromatic ring is 1. The summed E-state index contributed by atoms with van der Waals surface area (Å²) in [6.07, 6.45) is 0. The van der Waals surface area contributed by atoms with Crippen LogP contribution in [0.3, 0.4) is 0 Å². The van der Waals surface area contributed by atoms with Gasteiger partial charge in [0.1, 0.15) is 0 Å². The molecule has 4 heteroatoms. The average molecular weight is 243 g/mol. The molecule has 4 N–H and O–H groups in total. The topological polar surface area (TPSA) is 83.5 Å². The van der Waals surface area contributed by atoms with E-state index in [9.17, 15) is 15.0 Å². The molecule has 2 aromatic carbocycles. The Morgan fingerprint density at radius 1 is 1.06 bits per heavy atom. The molecule has 0 bridgehead atoms. The molecule has 0 saturated heterocycles. The van der Waals surface area contributed by atoms with E-state index in [-0.39, 0.29) is 11.3 Å². The third-order valence-corrected chi connectivity index (χ3v) is 2.83. The van der Waals surface area contributed by atoms with Crippen molar-refractivity contribution < 1.29 is 15.0 Å². The van der Waals surface area contributed by atoms with Crippen molar-refractivity contribution in [1.82, 2.24) is 0 Å². The van der Waals surface area contributed by atoms with Crippen LogP contribution in [0, 0.1) is 6.92 Å². The lowest BCUT2D eigenvalue weighted by Crippen LogP contribution is -2.06. The second-order valence-electron chi connectivity index (χ2n) is 4.04. The number of aryl methyl sites for hydroxylation is 1. The fourth-order valence-corrected chi connectivity index (χ4v) is 1.74. The SMILES string of the molecule is Cc1cccc(C(=O)c2cccc(O)c2O)c1N. The maximum absolute atomic E-state index is 12.2. The smallest absolute Gasteiger partial charge is 0.198 e. The van der Waals surface area contributed by atoms with E-state index in [2.05, 4.69) is 0 Å². The number of para-hydroxylation sites is 2. The van der Waals surface area contributed by atoms with E-state index in [0.717, 1.165) is 5.56 Å². The Labute approximate surface area is 104 Å². The van der Waals surface area contributed by atoms with Gasteiger partial charge in [-0.2, -0.15) is 0 Å². The van der Waals surface area contributed by atoms with Crippen molar-refractivity contribution in [3.63, 3.8) is 0 Å². The van der Waals surface area contributed by atoms with Gasteiger partial charge >= 0.3 is 0 Å². The predicted octanol–water partition coefficient (Wildman–Crippen LogP) is 2.22. The van der Waals surface area contributed by atoms with E-state index >= 15 is 0 Å².